The van der Waals surface area contributed by atoms with Gasteiger partial charge in [0.2, 0.25) is 0 Å². The second-order valence-corrected chi connectivity index (χ2v) is 5.68. The molecule has 4 amide bonds. The molecular formula is C16H20N4O4. The standard InChI is InChI=1S/C16H20N4O4/c1-2-19-10-13(9-18-15(19)22)24-14(21)11-3-5-12(6-4-11)20-8-7-17-16(20)23/h3-6,13H,2,7-10H2,1H3,(H,17,23)(H,18,22). The highest BCUT2D eigenvalue weighted by Gasteiger charge is 2.27. The van der Waals surface area contributed by atoms with Crippen molar-refractivity contribution < 1.29 is 19.1 Å². The van der Waals surface area contributed by atoms with Crippen LogP contribution >= 0.6 is 0 Å². The molecule has 0 aliphatic carbocycles. The van der Waals surface area contributed by atoms with Crippen molar-refractivity contribution in [3.8, 4) is 0 Å². The van der Waals surface area contributed by atoms with E-state index in [0.29, 0.717) is 38.3 Å². The molecule has 2 aliphatic heterocycles. The van der Waals surface area contributed by atoms with Crippen molar-refractivity contribution in [1.82, 2.24) is 15.5 Å². The Kier molecular flexibility index (Phi) is 4.54. The normalized spacial score (nSPS) is 20.6. The number of carbonyl (C=O) groups excluding carboxylic acids is 3. The van der Waals surface area contributed by atoms with Crippen LogP contribution in [0.1, 0.15) is 17.3 Å². The van der Waals surface area contributed by atoms with Crippen LogP contribution in [0.15, 0.2) is 24.3 Å². The Bertz CT molecular complexity index is 646. The van der Waals surface area contributed by atoms with Gasteiger partial charge in [0.05, 0.1) is 18.7 Å². The van der Waals surface area contributed by atoms with Crippen molar-refractivity contribution in [3.05, 3.63) is 29.8 Å². The number of urea groups is 2. The molecule has 0 saturated carbocycles. The molecule has 24 heavy (non-hydrogen) atoms. The number of benzene rings is 1. The van der Waals surface area contributed by atoms with E-state index in [9.17, 15) is 14.4 Å². The Hall–Kier alpha value is -2.77. The first kappa shape index (κ1) is 16.1. The quantitative estimate of drug-likeness (QED) is 0.798. The second kappa shape index (κ2) is 6.77. The van der Waals surface area contributed by atoms with Crippen LogP contribution in [0.2, 0.25) is 0 Å². The van der Waals surface area contributed by atoms with Crippen LogP contribution in [-0.4, -0.2) is 61.8 Å². The maximum atomic E-state index is 12.2. The smallest absolute Gasteiger partial charge is 0.338 e. The maximum absolute atomic E-state index is 12.2. The van der Waals surface area contributed by atoms with Gasteiger partial charge in [-0.05, 0) is 31.2 Å². The van der Waals surface area contributed by atoms with Crippen LogP contribution < -0.4 is 15.5 Å². The molecule has 3 rings (SSSR count). The van der Waals surface area contributed by atoms with Gasteiger partial charge in [0.15, 0.2) is 0 Å². The molecule has 8 heteroatoms. The number of esters is 1. The summed E-state index contributed by atoms with van der Waals surface area (Å²) >= 11 is 0. The van der Waals surface area contributed by atoms with Gasteiger partial charge in [0.1, 0.15) is 6.10 Å². The Balaban J connectivity index is 1.61. The fourth-order valence-corrected chi connectivity index (χ4v) is 2.77. The number of anilines is 1. The molecule has 8 nitrogen and oxygen atoms in total. The van der Waals surface area contributed by atoms with E-state index in [4.69, 9.17) is 4.74 Å². The minimum absolute atomic E-state index is 0.136. The summed E-state index contributed by atoms with van der Waals surface area (Å²) in [5, 5.41) is 5.43. The summed E-state index contributed by atoms with van der Waals surface area (Å²) in [6.07, 6.45) is -0.376. The molecule has 2 aliphatic rings. The average molecular weight is 332 g/mol. The topological polar surface area (TPSA) is 91.0 Å². The molecule has 2 saturated heterocycles. The number of nitrogens with zero attached hydrogens (tertiary/aromatic N) is 2. The molecule has 1 atom stereocenters. The minimum Gasteiger partial charge on any atom is -0.455 e. The number of amides is 4. The van der Waals surface area contributed by atoms with Crippen LogP contribution in [0.5, 0.6) is 0 Å². The van der Waals surface area contributed by atoms with E-state index in [1.807, 2.05) is 6.92 Å². The molecular weight excluding hydrogens is 312 g/mol. The third-order valence-electron chi connectivity index (χ3n) is 4.12. The largest absolute Gasteiger partial charge is 0.455 e. The first-order chi connectivity index (χ1) is 11.6. The van der Waals surface area contributed by atoms with E-state index >= 15 is 0 Å². The number of nitrogens with one attached hydrogen (secondary N) is 2. The van der Waals surface area contributed by atoms with Crippen LogP contribution in [0, 0.1) is 0 Å². The first-order valence-corrected chi connectivity index (χ1v) is 7.97. The molecule has 1 unspecified atom stereocenters. The van der Waals surface area contributed by atoms with Crippen molar-refractivity contribution in [2.75, 3.05) is 37.6 Å². The zero-order valence-corrected chi connectivity index (χ0v) is 13.4. The Morgan fingerprint density at radius 2 is 1.96 bits per heavy atom. The zero-order chi connectivity index (χ0) is 17.1. The van der Waals surface area contributed by atoms with E-state index in [1.165, 1.54) is 0 Å². The van der Waals surface area contributed by atoms with Gasteiger partial charge in [-0.3, -0.25) is 4.90 Å². The third-order valence-corrected chi connectivity index (χ3v) is 4.12. The van der Waals surface area contributed by atoms with E-state index in [1.54, 1.807) is 34.1 Å². The molecule has 1 aromatic rings. The number of hydrogen-bond donors (Lipinski definition) is 2. The van der Waals surface area contributed by atoms with Crippen LogP contribution in [0.4, 0.5) is 15.3 Å². The molecule has 0 radical (unpaired) electrons. The molecule has 0 spiro atoms. The van der Waals surface area contributed by atoms with Crippen molar-refractivity contribution in [3.63, 3.8) is 0 Å². The Labute approximate surface area is 139 Å². The predicted molar refractivity (Wildman–Crippen MR) is 87.0 cm³/mol. The van der Waals surface area contributed by atoms with E-state index in [0.717, 1.165) is 5.69 Å². The van der Waals surface area contributed by atoms with Crippen LogP contribution in [-0.2, 0) is 4.74 Å². The van der Waals surface area contributed by atoms with Gasteiger partial charge < -0.3 is 20.3 Å². The van der Waals surface area contributed by atoms with Crippen molar-refractivity contribution in [2.24, 2.45) is 0 Å². The fourth-order valence-electron chi connectivity index (χ4n) is 2.77. The second-order valence-electron chi connectivity index (χ2n) is 5.68. The maximum Gasteiger partial charge on any atom is 0.338 e. The van der Waals surface area contributed by atoms with Crippen molar-refractivity contribution in [2.45, 2.75) is 13.0 Å². The highest BCUT2D eigenvalue weighted by molar-refractivity contribution is 5.95. The lowest BCUT2D eigenvalue weighted by Gasteiger charge is -2.32. The summed E-state index contributed by atoms with van der Waals surface area (Å²) in [6.45, 7) is 4.36. The highest BCUT2D eigenvalue weighted by Crippen LogP contribution is 2.18. The number of carbonyl (C=O) groups is 3. The fraction of sp³-hybridized carbons (Fsp3) is 0.438. The van der Waals surface area contributed by atoms with Crippen LogP contribution in [0.3, 0.4) is 0 Å². The average Bonchev–Trinajstić information content (AvgIpc) is 3.02. The molecule has 0 aromatic heterocycles. The lowest BCUT2D eigenvalue weighted by Crippen LogP contribution is -2.54. The molecule has 0 bridgehead atoms. The number of likely N-dealkylation sites (N-methyl/N-ethyl adjacent to an activating group) is 1. The summed E-state index contributed by atoms with van der Waals surface area (Å²) in [7, 11) is 0. The number of hydrogen-bond acceptors (Lipinski definition) is 4. The zero-order valence-electron chi connectivity index (χ0n) is 13.4. The van der Waals surface area contributed by atoms with Gasteiger partial charge in [0, 0.05) is 25.3 Å². The molecule has 128 valence electrons. The van der Waals surface area contributed by atoms with E-state index in [-0.39, 0.29) is 18.2 Å². The van der Waals surface area contributed by atoms with Gasteiger partial charge in [-0.1, -0.05) is 0 Å². The van der Waals surface area contributed by atoms with E-state index in [2.05, 4.69) is 10.6 Å². The van der Waals surface area contributed by atoms with Crippen molar-refractivity contribution >= 4 is 23.7 Å². The lowest BCUT2D eigenvalue weighted by atomic mass is 10.2. The summed E-state index contributed by atoms with van der Waals surface area (Å²) in [4.78, 5) is 38.6. The molecule has 2 fully saturated rings. The molecule has 2 heterocycles. The van der Waals surface area contributed by atoms with Gasteiger partial charge in [-0.2, -0.15) is 0 Å². The monoisotopic (exact) mass is 332 g/mol. The summed E-state index contributed by atoms with van der Waals surface area (Å²) in [6, 6.07) is 6.45. The number of rotatable bonds is 4. The van der Waals surface area contributed by atoms with Gasteiger partial charge in [-0.15, -0.1) is 0 Å². The highest BCUT2D eigenvalue weighted by atomic mass is 16.5. The summed E-state index contributed by atoms with van der Waals surface area (Å²) in [5.41, 5.74) is 1.15. The summed E-state index contributed by atoms with van der Waals surface area (Å²) < 4.78 is 5.46. The predicted octanol–water partition coefficient (Wildman–Crippen LogP) is 0.787. The van der Waals surface area contributed by atoms with Gasteiger partial charge in [0.25, 0.3) is 0 Å². The van der Waals surface area contributed by atoms with Crippen molar-refractivity contribution in [1.29, 1.82) is 0 Å². The van der Waals surface area contributed by atoms with Gasteiger partial charge >= 0.3 is 18.0 Å². The number of ether oxygens (including phenoxy) is 1. The SMILES string of the molecule is CCN1CC(OC(=O)c2ccc(N3CCNC3=O)cc2)CNC1=O. The lowest BCUT2D eigenvalue weighted by molar-refractivity contribution is 0.0186. The van der Waals surface area contributed by atoms with Gasteiger partial charge in [-0.25, -0.2) is 14.4 Å². The minimum atomic E-state index is -0.440. The first-order valence-electron chi connectivity index (χ1n) is 7.97. The van der Waals surface area contributed by atoms with E-state index < -0.39 is 5.97 Å². The Morgan fingerprint density at radius 3 is 2.58 bits per heavy atom. The van der Waals surface area contributed by atoms with Crippen LogP contribution in [0.25, 0.3) is 0 Å². The molecule has 1 aromatic carbocycles. The molecule has 2 N–H and O–H groups in total. The third kappa shape index (κ3) is 3.27. The Morgan fingerprint density at radius 1 is 1.21 bits per heavy atom. The summed E-state index contributed by atoms with van der Waals surface area (Å²) in [5.74, 6) is -0.440.